The van der Waals surface area contributed by atoms with E-state index in [1.165, 1.54) is 10.7 Å². The Morgan fingerprint density at radius 3 is 2.80 bits per heavy atom. The molecule has 1 aliphatic heterocycles. The van der Waals surface area contributed by atoms with Crippen LogP contribution in [0.1, 0.15) is 12.5 Å². The topological polar surface area (TPSA) is 115 Å². The maximum atomic E-state index is 13.3. The van der Waals surface area contributed by atoms with Crippen LogP contribution in [0.15, 0.2) is 35.3 Å². The molecule has 0 unspecified atom stereocenters. The molecule has 3 aromatic rings. The minimum Gasteiger partial charge on any atom is -0.733 e. The van der Waals surface area contributed by atoms with Gasteiger partial charge in [0.05, 0.1) is 25.0 Å². The van der Waals surface area contributed by atoms with Crippen LogP contribution in [0.5, 0.6) is 0 Å². The molecule has 2 aromatic heterocycles. The number of hydrogen-bond donors (Lipinski definition) is 2. The Morgan fingerprint density at radius 2 is 2.07 bits per heavy atom. The van der Waals surface area contributed by atoms with E-state index < -0.39 is 0 Å². The number of nitrogens with one attached hydrogen (secondary N) is 1. The van der Waals surface area contributed by atoms with E-state index >= 15 is 0 Å². The van der Waals surface area contributed by atoms with Crippen molar-refractivity contribution in [2.24, 2.45) is 0 Å². The summed E-state index contributed by atoms with van der Waals surface area (Å²) in [6.07, 6.45) is 1.55. The Labute approximate surface area is 172 Å². The Balaban J connectivity index is 1.81. The maximum Gasteiger partial charge on any atom is 0.293 e. The zero-order valence-corrected chi connectivity index (χ0v) is 16.6. The molecular formula is C20H22N7O3-. The van der Waals surface area contributed by atoms with Gasteiger partial charge in [0.2, 0.25) is 5.95 Å². The first kappa shape index (κ1) is 19.9. The number of hydrogen-bond acceptors (Lipinski definition) is 8. The molecule has 0 saturated carbocycles. The molecule has 2 N–H and O–H groups in total. The van der Waals surface area contributed by atoms with Gasteiger partial charge in [-0.25, -0.2) is 9.67 Å². The van der Waals surface area contributed by atoms with E-state index in [1.54, 1.807) is 31.3 Å². The van der Waals surface area contributed by atoms with Crippen LogP contribution in [0.3, 0.4) is 0 Å². The number of aromatic nitrogens is 4. The maximum absolute atomic E-state index is 13.3. The van der Waals surface area contributed by atoms with Gasteiger partial charge in [-0.3, -0.25) is 14.6 Å². The molecule has 3 heterocycles. The highest BCUT2D eigenvalue weighted by Gasteiger charge is 2.21. The molecule has 10 nitrogen and oxygen atoms in total. The van der Waals surface area contributed by atoms with Crippen molar-refractivity contribution in [3.05, 3.63) is 51.6 Å². The molecule has 0 spiro atoms. The van der Waals surface area contributed by atoms with E-state index in [0.717, 1.165) is 26.2 Å². The number of imidazole rings is 1. The molecule has 1 aromatic carbocycles. The summed E-state index contributed by atoms with van der Waals surface area (Å²) in [5.41, 5.74) is 1.14. The Bertz CT molecular complexity index is 1170. The molecule has 4 rings (SSSR count). The van der Waals surface area contributed by atoms with Crippen molar-refractivity contribution in [2.45, 2.75) is 20.0 Å². The molecule has 1 aliphatic rings. The molecular weight excluding hydrogens is 386 g/mol. The van der Waals surface area contributed by atoms with E-state index in [1.807, 2.05) is 4.57 Å². The van der Waals surface area contributed by atoms with Gasteiger partial charge in [0.25, 0.3) is 5.56 Å². The number of piperazine rings is 1. The van der Waals surface area contributed by atoms with Crippen LogP contribution in [0.25, 0.3) is 11.0 Å². The third-order valence-electron chi connectivity index (χ3n) is 5.06. The summed E-state index contributed by atoms with van der Waals surface area (Å²) in [5, 5.41) is 28.1. The smallest absolute Gasteiger partial charge is 0.293 e. The van der Waals surface area contributed by atoms with E-state index in [-0.39, 0.29) is 23.0 Å². The number of rotatable bonds is 5. The third-order valence-corrected chi connectivity index (χ3v) is 5.06. The van der Waals surface area contributed by atoms with Crippen molar-refractivity contribution in [1.29, 1.82) is 0 Å². The summed E-state index contributed by atoms with van der Waals surface area (Å²) in [4.78, 5) is 20.1. The van der Waals surface area contributed by atoms with E-state index in [2.05, 4.69) is 32.1 Å². The van der Waals surface area contributed by atoms with Crippen molar-refractivity contribution >= 4 is 22.7 Å². The second-order valence-electron chi connectivity index (χ2n) is 6.90. The second-order valence-corrected chi connectivity index (χ2v) is 6.90. The van der Waals surface area contributed by atoms with Gasteiger partial charge in [-0.15, -0.1) is 5.92 Å². The fourth-order valence-corrected chi connectivity index (χ4v) is 3.59. The molecule has 0 bridgehead atoms. The number of fused-ring (bicyclic) bond motifs is 1. The average Bonchev–Trinajstić information content (AvgIpc) is 3.14. The number of para-hydroxylation sites is 1. The molecule has 30 heavy (non-hydrogen) atoms. The lowest BCUT2D eigenvalue weighted by molar-refractivity contribution is 0.295. The fraction of sp³-hybridized carbons (Fsp3) is 0.350. The van der Waals surface area contributed by atoms with Gasteiger partial charge in [0.1, 0.15) is 11.0 Å². The van der Waals surface area contributed by atoms with Gasteiger partial charge in [0.15, 0.2) is 0 Å². The summed E-state index contributed by atoms with van der Waals surface area (Å²) >= 11 is 0. The van der Waals surface area contributed by atoms with E-state index in [9.17, 15) is 15.2 Å². The van der Waals surface area contributed by atoms with Crippen LogP contribution in [-0.4, -0.2) is 50.7 Å². The predicted octanol–water partition coefficient (Wildman–Crippen LogP) is 0.768. The average molecular weight is 408 g/mol. The normalized spacial score (nSPS) is 13.9. The summed E-state index contributed by atoms with van der Waals surface area (Å²) < 4.78 is 3.10. The van der Waals surface area contributed by atoms with Crippen molar-refractivity contribution in [3.63, 3.8) is 0 Å². The van der Waals surface area contributed by atoms with Crippen LogP contribution in [0.4, 0.5) is 11.6 Å². The molecule has 10 heteroatoms. The Morgan fingerprint density at radius 1 is 1.30 bits per heavy atom. The standard InChI is InChI=1S/C20H22N7O3/c1-2-3-10-25-18-16(23-20(25)24-11-8-21-9-12-24)13-22-26(19(18)28)14-15-6-4-5-7-17(15)27(29)30/h4-7,13,21,29H,8-12,14H2,1H3/q-1. The van der Waals surface area contributed by atoms with E-state index in [4.69, 9.17) is 0 Å². The highest BCUT2D eigenvalue weighted by molar-refractivity contribution is 5.77. The summed E-state index contributed by atoms with van der Waals surface area (Å²) in [7, 11) is 0. The van der Waals surface area contributed by atoms with Crippen LogP contribution in [-0.2, 0) is 13.1 Å². The number of nitrogens with zero attached hydrogens (tertiary/aromatic N) is 6. The quantitative estimate of drug-likeness (QED) is 0.470. The second kappa shape index (κ2) is 8.54. The Hall–Kier alpha value is -3.39. The fourth-order valence-electron chi connectivity index (χ4n) is 3.59. The zero-order chi connectivity index (χ0) is 21.1. The van der Waals surface area contributed by atoms with Crippen LogP contribution < -0.4 is 21.0 Å². The molecule has 1 saturated heterocycles. The predicted molar refractivity (Wildman–Crippen MR) is 113 cm³/mol. The first-order valence-electron chi connectivity index (χ1n) is 9.66. The minimum atomic E-state index is -0.329. The minimum absolute atomic E-state index is 0.0395. The summed E-state index contributed by atoms with van der Waals surface area (Å²) in [6.45, 7) is 5.39. The van der Waals surface area contributed by atoms with Crippen molar-refractivity contribution in [1.82, 2.24) is 24.6 Å². The molecule has 0 radical (unpaired) electrons. The molecule has 156 valence electrons. The van der Waals surface area contributed by atoms with Gasteiger partial charge in [0, 0.05) is 26.2 Å². The van der Waals surface area contributed by atoms with E-state index in [0.29, 0.717) is 29.1 Å². The molecule has 1 fully saturated rings. The first-order valence-corrected chi connectivity index (χ1v) is 9.66. The third kappa shape index (κ3) is 3.73. The van der Waals surface area contributed by atoms with Gasteiger partial charge in [-0.05, 0) is 18.6 Å². The van der Waals surface area contributed by atoms with Crippen molar-refractivity contribution in [2.75, 3.05) is 36.3 Å². The van der Waals surface area contributed by atoms with Crippen LogP contribution >= 0.6 is 0 Å². The highest BCUT2D eigenvalue weighted by atomic mass is 16.8. The number of anilines is 2. The van der Waals surface area contributed by atoms with Gasteiger partial charge in [-0.1, -0.05) is 24.1 Å². The monoisotopic (exact) mass is 408 g/mol. The molecule has 0 amide bonds. The summed E-state index contributed by atoms with van der Waals surface area (Å²) in [5.74, 6) is 6.60. The largest absolute Gasteiger partial charge is 0.733 e. The van der Waals surface area contributed by atoms with Gasteiger partial charge < -0.3 is 20.7 Å². The van der Waals surface area contributed by atoms with Crippen LogP contribution in [0.2, 0.25) is 0 Å². The van der Waals surface area contributed by atoms with Crippen molar-refractivity contribution < 1.29 is 5.21 Å². The molecule has 0 aliphatic carbocycles. The van der Waals surface area contributed by atoms with Crippen molar-refractivity contribution in [3.8, 4) is 11.8 Å². The van der Waals surface area contributed by atoms with Gasteiger partial charge in [-0.2, -0.15) is 5.10 Å². The lowest BCUT2D eigenvalue weighted by Gasteiger charge is -2.28. The zero-order valence-electron chi connectivity index (χ0n) is 16.6. The number of benzene rings is 1. The summed E-state index contributed by atoms with van der Waals surface area (Å²) in [6, 6.07) is 6.52. The highest BCUT2D eigenvalue weighted by Crippen LogP contribution is 2.22. The first-order chi connectivity index (χ1) is 14.6. The van der Waals surface area contributed by atoms with Crippen LogP contribution in [0, 0.1) is 17.0 Å². The lowest BCUT2D eigenvalue weighted by Crippen LogP contribution is -2.44. The lowest BCUT2D eigenvalue weighted by atomic mass is 10.2. The molecule has 0 atom stereocenters. The van der Waals surface area contributed by atoms with Gasteiger partial charge >= 0.3 is 0 Å². The SMILES string of the molecule is CC#CCn1c(N2CCNCC2)nc2cnn(Cc3ccccc3N([O-])O)c(=O)c21. The Kier molecular flexibility index (Phi) is 5.67.